The molecule has 1 saturated carbocycles. The average molecular weight is 588 g/mol. The molecular formula is C30H34FNO6S2. The summed E-state index contributed by atoms with van der Waals surface area (Å²) in [7, 11) is -10.3. The molecule has 0 aliphatic heterocycles. The summed E-state index contributed by atoms with van der Waals surface area (Å²) in [6, 6.07) is 19.9. The van der Waals surface area contributed by atoms with E-state index in [1.165, 1.54) is 48.5 Å². The minimum absolute atomic E-state index is 0.0925. The Morgan fingerprint density at radius 2 is 1.27 bits per heavy atom. The molecule has 0 saturated heterocycles. The van der Waals surface area contributed by atoms with Gasteiger partial charge >= 0.3 is 11.8 Å². The van der Waals surface area contributed by atoms with Crippen LogP contribution in [0.1, 0.15) is 45.6 Å². The third kappa shape index (κ3) is 5.70. The van der Waals surface area contributed by atoms with Gasteiger partial charge in [-0.2, -0.15) is 0 Å². The third-order valence-corrected chi connectivity index (χ3v) is 11.7. The molecule has 0 aromatic heterocycles. The van der Waals surface area contributed by atoms with Gasteiger partial charge in [-0.05, 0) is 58.6 Å². The van der Waals surface area contributed by atoms with Gasteiger partial charge < -0.3 is 4.74 Å². The molecule has 3 aromatic carbocycles. The maximum atomic E-state index is 17.8. The lowest BCUT2D eigenvalue weighted by atomic mass is 9.75. The Morgan fingerprint density at radius 1 is 0.825 bits per heavy atom. The van der Waals surface area contributed by atoms with E-state index in [1.54, 1.807) is 18.2 Å². The first-order valence-electron chi connectivity index (χ1n) is 13.3. The van der Waals surface area contributed by atoms with Gasteiger partial charge in [0.1, 0.15) is 6.10 Å². The van der Waals surface area contributed by atoms with E-state index in [-0.39, 0.29) is 21.5 Å². The molecule has 0 bridgehead atoms. The molecule has 3 aromatic rings. The minimum Gasteiger partial charge on any atom is -0.458 e. The molecule has 40 heavy (non-hydrogen) atoms. The monoisotopic (exact) mass is 587 g/mol. The van der Waals surface area contributed by atoms with Crippen LogP contribution in [-0.4, -0.2) is 32.6 Å². The Balaban J connectivity index is 1.96. The molecular weight excluding hydrogens is 553 g/mol. The third-order valence-electron chi connectivity index (χ3n) is 7.42. The van der Waals surface area contributed by atoms with Crippen LogP contribution in [0.25, 0.3) is 0 Å². The average Bonchev–Trinajstić information content (AvgIpc) is 2.94. The van der Waals surface area contributed by atoms with E-state index in [1.807, 2.05) is 20.8 Å². The van der Waals surface area contributed by atoms with Crippen LogP contribution in [0.5, 0.6) is 0 Å². The fraction of sp³-hybridized carbons (Fsp3) is 0.367. The second kappa shape index (κ2) is 11.8. The van der Waals surface area contributed by atoms with Gasteiger partial charge in [0.2, 0.25) is 0 Å². The Labute approximate surface area is 236 Å². The van der Waals surface area contributed by atoms with E-state index in [9.17, 15) is 21.6 Å². The molecule has 0 radical (unpaired) electrons. The zero-order chi connectivity index (χ0) is 29.1. The first-order valence-corrected chi connectivity index (χ1v) is 16.1. The number of hydrogen-bond donors (Lipinski definition) is 0. The normalized spacial score (nSPS) is 21.6. The molecule has 0 N–H and O–H groups in total. The van der Waals surface area contributed by atoms with Crippen molar-refractivity contribution in [1.82, 2.24) is 3.71 Å². The number of carbonyl (C=O) groups is 1. The second-order valence-corrected chi connectivity index (χ2v) is 14.4. The summed E-state index contributed by atoms with van der Waals surface area (Å²) in [6.45, 7) is 5.96. The number of nitrogens with zero attached hydrogens (tertiary/aromatic N) is 1. The largest absolute Gasteiger partial charge is 0.458 e. The molecule has 1 aliphatic carbocycles. The summed E-state index contributed by atoms with van der Waals surface area (Å²) in [5.41, 5.74) is -0.482. The maximum absolute atomic E-state index is 17.8. The van der Waals surface area contributed by atoms with Gasteiger partial charge in [-0.1, -0.05) is 93.9 Å². The smallest absolute Gasteiger partial charge is 0.366 e. The number of halogens is 1. The van der Waals surface area contributed by atoms with Gasteiger partial charge in [-0.15, -0.1) is 0 Å². The van der Waals surface area contributed by atoms with E-state index in [4.69, 9.17) is 4.74 Å². The SMILES string of the molecule is CC(C)[C@H]1CC[C@H](C)C[C@@H]1OC(=O)C(F)(c1ccccc1)N(S(=O)(=O)c1ccccc1)S(=O)(=O)c1ccccc1. The molecule has 0 spiro atoms. The van der Waals surface area contributed by atoms with Crippen LogP contribution in [0, 0.1) is 17.8 Å². The van der Waals surface area contributed by atoms with Crippen molar-refractivity contribution in [2.45, 2.75) is 61.7 Å². The van der Waals surface area contributed by atoms with Crippen molar-refractivity contribution in [3.8, 4) is 0 Å². The van der Waals surface area contributed by atoms with Crippen molar-refractivity contribution >= 4 is 26.0 Å². The first kappa shape index (κ1) is 29.9. The number of sulfonamides is 2. The summed E-state index contributed by atoms with van der Waals surface area (Å²) in [4.78, 5) is 13.1. The van der Waals surface area contributed by atoms with Crippen molar-refractivity contribution in [2.75, 3.05) is 0 Å². The second-order valence-electron chi connectivity index (χ2n) is 10.6. The highest BCUT2D eigenvalue weighted by atomic mass is 32.3. The van der Waals surface area contributed by atoms with Gasteiger partial charge in [0, 0.05) is 5.56 Å². The highest BCUT2D eigenvalue weighted by molar-refractivity contribution is 8.04. The van der Waals surface area contributed by atoms with Gasteiger partial charge in [0.05, 0.1) is 9.79 Å². The van der Waals surface area contributed by atoms with Crippen LogP contribution in [-0.2, 0) is 35.4 Å². The molecule has 1 aliphatic rings. The predicted molar refractivity (Wildman–Crippen MR) is 150 cm³/mol. The van der Waals surface area contributed by atoms with E-state index in [2.05, 4.69) is 0 Å². The lowest BCUT2D eigenvalue weighted by Crippen LogP contribution is -2.56. The summed E-state index contributed by atoms with van der Waals surface area (Å²) < 4.78 is 79.7. The molecule has 7 nitrogen and oxygen atoms in total. The standard InChI is InChI=1S/C30H34FNO6S2/c1-22(2)27-20-19-23(3)21-28(27)38-29(33)30(31,24-13-7-4-8-14-24)32(39(34,35)25-15-9-5-10-16-25)40(36,37)26-17-11-6-12-18-26/h4-18,22-23,27-28H,19-21H2,1-3H3/t23-,27+,28-,30?/m0/s1. The topological polar surface area (TPSA) is 97.8 Å². The summed E-state index contributed by atoms with van der Waals surface area (Å²) in [5, 5.41) is 0. The molecule has 1 fully saturated rings. The molecule has 4 rings (SSSR count). The summed E-state index contributed by atoms with van der Waals surface area (Å²) >= 11 is 0. The van der Waals surface area contributed by atoms with Gasteiger partial charge in [-0.3, -0.25) is 0 Å². The van der Waals surface area contributed by atoms with E-state index in [0.29, 0.717) is 6.42 Å². The number of alkyl halides is 1. The number of ether oxygens (including phenoxy) is 1. The van der Waals surface area contributed by atoms with Gasteiger partial charge in [0.25, 0.3) is 20.0 Å². The Hall–Kier alpha value is -3.08. The minimum atomic E-state index is -5.17. The van der Waals surface area contributed by atoms with E-state index < -0.39 is 53.3 Å². The number of carbonyl (C=O) groups excluding carboxylic acids is 1. The van der Waals surface area contributed by atoms with Crippen LogP contribution in [0.2, 0.25) is 0 Å². The molecule has 10 heteroatoms. The molecule has 4 atom stereocenters. The Bertz CT molecular complexity index is 1450. The first-order chi connectivity index (χ1) is 18.9. The van der Waals surface area contributed by atoms with E-state index >= 15 is 4.39 Å². The Kier molecular flexibility index (Phi) is 8.82. The lowest BCUT2D eigenvalue weighted by molar-refractivity contribution is -0.177. The van der Waals surface area contributed by atoms with Crippen molar-refractivity contribution in [1.29, 1.82) is 0 Å². The molecule has 214 valence electrons. The lowest BCUT2D eigenvalue weighted by Gasteiger charge is -2.39. The van der Waals surface area contributed by atoms with Crippen molar-refractivity contribution < 1.29 is 30.8 Å². The number of benzene rings is 3. The summed E-state index contributed by atoms with van der Waals surface area (Å²) in [6.07, 6.45) is 1.40. The van der Waals surface area contributed by atoms with Crippen LogP contribution >= 0.6 is 0 Å². The number of esters is 1. The highest BCUT2D eigenvalue weighted by Gasteiger charge is 2.60. The zero-order valence-electron chi connectivity index (χ0n) is 22.7. The van der Waals surface area contributed by atoms with Crippen LogP contribution < -0.4 is 0 Å². The Morgan fingerprint density at radius 3 is 1.73 bits per heavy atom. The zero-order valence-corrected chi connectivity index (χ0v) is 24.3. The molecule has 0 heterocycles. The van der Waals surface area contributed by atoms with Crippen molar-refractivity contribution in [2.24, 2.45) is 17.8 Å². The quantitative estimate of drug-likeness (QED) is 0.229. The van der Waals surface area contributed by atoms with Crippen LogP contribution in [0.3, 0.4) is 0 Å². The number of hydrogen-bond acceptors (Lipinski definition) is 6. The number of rotatable bonds is 9. The van der Waals surface area contributed by atoms with E-state index in [0.717, 1.165) is 37.1 Å². The fourth-order valence-corrected chi connectivity index (χ4v) is 9.22. The van der Waals surface area contributed by atoms with Crippen molar-refractivity contribution in [3.05, 3.63) is 96.6 Å². The fourth-order valence-electron chi connectivity index (χ4n) is 5.26. The predicted octanol–water partition coefficient (Wildman–Crippen LogP) is 5.89. The van der Waals surface area contributed by atoms with Crippen LogP contribution in [0.4, 0.5) is 4.39 Å². The maximum Gasteiger partial charge on any atom is 0.366 e. The summed E-state index contributed by atoms with van der Waals surface area (Å²) in [5.74, 6) is -5.14. The van der Waals surface area contributed by atoms with Gasteiger partial charge in [0.15, 0.2) is 0 Å². The van der Waals surface area contributed by atoms with Crippen molar-refractivity contribution in [3.63, 3.8) is 0 Å². The highest BCUT2D eigenvalue weighted by Crippen LogP contribution is 2.43. The molecule has 0 amide bonds. The molecule has 1 unspecified atom stereocenters. The van der Waals surface area contributed by atoms with Gasteiger partial charge in [-0.25, -0.2) is 26.0 Å². The van der Waals surface area contributed by atoms with Crippen LogP contribution in [0.15, 0.2) is 101 Å².